The standard InChI is InChI=1S/C24H31N3O6S/c1-18(28)19-6-9-22(10-7-19)34(30,31)27-13-11-26(12-14-27)24(29)17-25(2)16-20-5-8-21(32-3)15-23(20)33-4/h5-10,15H,11-14,16-17H2,1-4H3. The van der Waals surface area contributed by atoms with Gasteiger partial charge in [0.05, 0.1) is 25.7 Å². The third-order valence-corrected chi connectivity index (χ3v) is 7.74. The molecule has 0 atom stereocenters. The maximum Gasteiger partial charge on any atom is 0.243 e. The molecule has 1 heterocycles. The first-order valence-corrected chi connectivity index (χ1v) is 12.4. The van der Waals surface area contributed by atoms with Gasteiger partial charge in [-0.2, -0.15) is 4.31 Å². The number of likely N-dealkylation sites (N-methyl/N-ethyl adjacent to an activating group) is 1. The number of nitrogens with zero attached hydrogens (tertiary/aromatic N) is 3. The molecule has 0 spiro atoms. The molecule has 2 aromatic rings. The first-order valence-electron chi connectivity index (χ1n) is 10.9. The molecule has 0 bridgehead atoms. The van der Waals surface area contributed by atoms with Crippen LogP contribution in [0.15, 0.2) is 47.4 Å². The number of ether oxygens (including phenoxy) is 2. The average Bonchev–Trinajstić information content (AvgIpc) is 2.84. The van der Waals surface area contributed by atoms with E-state index in [1.54, 1.807) is 25.2 Å². The molecule has 2 aromatic carbocycles. The van der Waals surface area contributed by atoms with E-state index in [1.807, 2.05) is 24.1 Å². The maximum atomic E-state index is 12.9. The van der Waals surface area contributed by atoms with E-state index >= 15 is 0 Å². The molecule has 0 saturated carbocycles. The number of benzene rings is 2. The monoisotopic (exact) mass is 489 g/mol. The molecule has 0 aromatic heterocycles. The third-order valence-electron chi connectivity index (χ3n) is 5.83. The van der Waals surface area contributed by atoms with Crippen molar-refractivity contribution in [2.45, 2.75) is 18.4 Å². The van der Waals surface area contributed by atoms with Crippen molar-refractivity contribution in [3.05, 3.63) is 53.6 Å². The van der Waals surface area contributed by atoms with E-state index in [1.165, 1.54) is 35.5 Å². The van der Waals surface area contributed by atoms with Gasteiger partial charge in [-0.1, -0.05) is 18.2 Å². The van der Waals surface area contributed by atoms with Gasteiger partial charge >= 0.3 is 0 Å². The molecule has 34 heavy (non-hydrogen) atoms. The minimum absolute atomic E-state index is 0.0576. The number of ketones is 1. The molecule has 3 rings (SSSR count). The number of hydrogen-bond donors (Lipinski definition) is 0. The lowest BCUT2D eigenvalue weighted by atomic mass is 10.1. The van der Waals surface area contributed by atoms with E-state index in [0.29, 0.717) is 36.7 Å². The molecule has 1 amide bonds. The van der Waals surface area contributed by atoms with E-state index < -0.39 is 10.0 Å². The zero-order valence-electron chi connectivity index (χ0n) is 20.0. The quantitative estimate of drug-likeness (QED) is 0.496. The lowest BCUT2D eigenvalue weighted by Gasteiger charge is -2.34. The zero-order valence-corrected chi connectivity index (χ0v) is 20.8. The van der Waals surface area contributed by atoms with Gasteiger partial charge in [-0.05, 0) is 32.2 Å². The molecule has 0 N–H and O–H groups in total. The Balaban J connectivity index is 1.55. The van der Waals surface area contributed by atoms with Gasteiger partial charge in [0.25, 0.3) is 0 Å². The van der Waals surface area contributed by atoms with Crippen molar-refractivity contribution in [1.29, 1.82) is 0 Å². The number of carbonyl (C=O) groups excluding carboxylic acids is 2. The Morgan fingerprint density at radius 1 is 0.971 bits per heavy atom. The van der Waals surface area contributed by atoms with Gasteiger partial charge in [0, 0.05) is 49.9 Å². The summed E-state index contributed by atoms with van der Waals surface area (Å²) in [5, 5.41) is 0. The van der Waals surface area contributed by atoms with Gasteiger partial charge in [0.2, 0.25) is 15.9 Å². The smallest absolute Gasteiger partial charge is 0.243 e. The van der Waals surface area contributed by atoms with E-state index in [4.69, 9.17) is 9.47 Å². The Morgan fingerprint density at radius 3 is 2.18 bits per heavy atom. The summed E-state index contributed by atoms with van der Waals surface area (Å²) in [6.07, 6.45) is 0. The van der Waals surface area contributed by atoms with E-state index in [-0.39, 0.29) is 36.2 Å². The first kappa shape index (κ1) is 25.7. The zero-order chi connectivity index (χ0) is 24.9. The van der Waals surface area contributed by atoms with Crippen LogP contribution in [0.1, 0.15) is 22.8 Å². The summed E-state index contributed by atoms with van der Waals surface area (Å²) >= 11 is 0. The van der Waals surface area contributed by atoms with Crippen LogP contribution in [0.5, 0.6) is 11.5 Å². The van der Waals surface area contributed by atoms with Gasteiger partial charge in [-0.15, -0.1) is 0 Å². The molecule has 1 saturated heterocycles. The second-order valence-corrected chi connectivity index (χ2v) is 10.2. The SMILES string of the molecule is COc1ccc(CN(C)CC(=O)N2CCN(S(=O)(=O)c3ccc(C(C)=O)cc3)CC2)c(OC)c1. The fourth-order valence-corrected chi connectivity index (χ4v) is 5.27. The highest BCUT2D eigenvalue weighted by Crippen LogP contribution is 2.25. The van der Waals surface area contributed by atoms with Crippen molar-refractivity contribution in [1.82, 2.24) is 14.1 Å². The van der Waals surface area contributed by atoms with Crippen LogP contribution in [0.3, 0.4) is 0 Å². The van der Waals surface area contributed by atoms with Crippen LogP contribution in [0.2, 0.25) is 0 Å². The summed E-state index contributed by atoms with van der Waals surface area (Å²) in [7, 11) is 1.36. The summed E-state index contributed by atoms with van der Waals surface area (Å²) in [6.45, 7) is 3.24. The highest BCUT2D eigenvalue weighted by molar-refractivity contribution is 7.89. The van der Waals surface area contributed by atoms with Crippen molar-refractivity contribution in [3.63, 3.8) is 0 Å². The predicted octanol–water partition coefficient (Wildman–Crippen LogP) is 1.87. The average molecular weight is 490 g/mol. The summed E-state index contributed by atoms with van der Waals surface area (Å²) in [6, 6.07) is 11.5. The van der Waals surface area contributed by atoms with Gasteiger partial charge < -0.3 is 14.4 Å². The lowest BCUT2D eigenvalue weighted by molar-refractivity contribution is -0.133. The minimum atomic E-state index is -3.68. The van der Waals surface area contributed by atoms with Crippen molar-refractivity contribution in [2.75, 3.05) is 54.0 Å². The van der Waals surface area contributed by atoms with Crippen molar-refractivity contribution in [3.8, 4) is 11.5 Å². The fourth-order valence-electron chi connectivity index (χ4n) is 3.85. The second kappa shape index (κ2) is 11.0. The van der Waals surface area contributed by atoms with Crippen LogP contribution < -0.4 is 9.47 Å². The van der Waals surface area contributed by atoms with Gasteiger partial charge in [-0.3, -0.25) is 14.5 Å². The topological polar surface area (TPSA) is 96.5 Å². The van der Waals surface area contributed by atoms with Gasteiger partial charge in [-0.25, -0.2) is 8.42 Å². The lowest BCUT2D eigenvalue weighted by Crippen LogP contribution is -2.52. The molecule has 1 fully saturated rings. The molecule has 0 unspecified atom stereocenters. The van der Waals surface area contributed by atoms with Crippen molar-refractivity contribution < 1.29 is 27.5 Å². The molecule has 10 heteroatoms. The Labute approximate surface area is 200 Å². The molecule has 0 radical (unpaired) electrons. The molecular weight excluding hydrogens is 458 g/mol. The number of rotatable bonds is 9. The first-order chi connectivity index (χ1) is 16.1. The van der Waals surface area contributed by atoms with E-state index in [0.717, 1.165) is 5.56 Å². The second-order valence-electron chi connectivity index (χ2n) is 8.22. The maximum absolute atomic E-state index is 12.9. The van der Waals surface area contributed by atoms with Crippen LogP contribution in [-0.2, 0) is 21.4 Å². The molecule has 0 aliphatic carbocycles. The Hall–Kier alpha value is -2.95. The Bertz CT molecular complexity index is 1130. The number of carbonyl (C=O) groups is 2. The summed E-state index contributed by atoms with van der Waals surface area (Å²) in [4.78, 5) is 28.0. The van der Waals surface area contributed by atoms with E-state index in [2.05, 4.69) is 0 Å². The number of Topliss-reactive ketones (excluding diaryl/α,β-unsaturated/α-hetero) is 1. The highest BCUT2D eigenvalue weighted by atomic mass is 32.2. The summed E-state index contributed by atoms with van der Waals surface area (Å²) < 4.78 is 37.9. The minimum Gasteiger partial charge on any atom is -0.497 e. The molecule has 9 nitrogen and oxygen atoms in total. The van der Waals surface area contributed by atoms with Gasteiger partial charge in [0.15, 0.2) is 5.78 Å². The van der Waals surface area contributed by atoms with Crippen LogP contribution in [0.25, 0.3) is 0 Å². The molecular formula is C24H31N3O6S. The van der Waals surface area contributed by atoms with Crippen molar-refractivity contribution >= 4 is 21.7 Å². The largest absolute Gasteiger partial charge is 0.497 e. The molecule has 1 aliphatic heterocycles. The summed E-state index contributed by atoms with van der Waals surface area (Å²) in [5.74, 6) is 1.21. The normalized spacial score (nSPS) is 14.8. The summed E-state index contributed by atoms with van der Waals surface area (Å²) in [5.41, 5.74) is 1.40. The molecule has 1 aliphatic rings. The van der Waals surface area contributed by atoms with Gasteiger partial charge in [0.1, 0.15) is 11.5 Å². The predicted molar refractivity (Wildman–Crippen MR) is 128 cm³/mol. The van der Waals surface area contributed by atoms with Crippen LogP contribution in [-0.4, -0.2) is 88.2 Å². The fraction of sp³-hybridized carbons (Fsp3) is 0.417. The number of piperazine rings is 1. The van der Waals surface area contributed by atoms with Crippen LogP contribution >= 0.6 is 0 Å². The Morgan fingerprint density at radius 2 is 1.62 bits per heavy atom. The Kier molecular flexibility index (Phi) is 8.29. The van der Waals surface area contributed by atoms with Crippen LogP contribution in [0, 0.1) is 0 Å². The van der Waals surface area contributed by atoms with Crippen molar-refractivity contribution in [2.24, 2.45) is 0 Å². The number of sulfonamides is 1. The number of methoxy groups -OCH3 is 2. The number of hydrogen-bond acceptors (Lipinski definition) is 7. The van der Waals surface area contributed by atoms with Crippen LogP contribution in [0.4, 0.5) is 0 Å². The highest BCUT2D eigenvalue weighted by Gasteiger charge is 2.30. The molecule has 184 valence electrons. The third kappa shape index (κ3) is 5.94. The van der Waals surface area contributed by atoms with E-state index in [9.17, 15) is 18.0 Å². The number of amides is 1.